The van der Waals surface area contributed by atoms with Crippen LogP contribution in [0.15, 0.2) is 75.9 Å². The fourth-order valence-electron chi connectivity index (χ4n) is 5.12. The second-order valence-electron chi connectivity index (χ2n) is 16.0. The number of unbranched alkanes of at least 4 members (excludes halogenated alkanes) is 2. The lowest BCUT2D eigenvalue weighted by atomic mass is 10.1. The average molecular weight is 1080 g/mol. The summed E-state index contributed by atoms with van der Waals surface area (Å²) >= 11 is 0. The van der Waals surface area contributed by atoms with E-state index in [4.69, 9.17) is 43.7 Å². The van der Waals surface area contributed by atoms with Crippen LogP contribution in [-0.2, 0) is 66.7 Å². The lowest BCUT2D eigenvalue weighted by molar-refractivity contribution is -0.156. The highest BCUT2D eigenvalue weighted by Gasteiger charge is 2.29. The summed E-state index contributed by atoms with van der Waals surface area (Å²) < 4.78 is 66.2. The topological polar surface area (TPSA) is 321 Å². The fourth-order valence-corrected chi connectivity index (χ4v) is 5.12. The van der Waals surface area contributed by atoms with Crippen molar-refractivity contribution in [2.45, 2.75) is 121 Å². The van der Waals surface area contributed by atoms with Crippen LogP contribution in [0.5, 0.6) is 0 Å². The van der Waals surface area contributed by atoms with Gasteiger partial charge in [0.2, 0.25) is 6.29 Å². The Morgan fingerprint density at radius 2 is 0.787 bits per heavy atom. The van der Waals surface area contributed by atoms with Gasteiger partial charge in [-0.25, -0.2) is 33.6 Å². The van der Waals surface area contributed by atoms with E-state index in [1.54, 1.807) is 20.8 Å². The number of halogens is 3. The van der Waals surface area contributed by atoms with Gasteiger partial charge in [-0.05, 0) is 78.7 Å². The van der Waals surface area contributed by atoms with Crippen molar-refractivity contribution in [1.82, 2.24) is 26.6 Å². The summed E-state index contributed by atoms with van der Waals surface area (Å²) in [6.07, 6.45) is 4.32. The highest BCUT2D eigenvalue weighted by atomic mass is 19.4. The van der Waals surface area contributed by atoms with Crippen molar-refractivity contribution < 1.29 is 94.3 Å². The first-order chi connectivity index (χ1) is 35.4. The van der Waals surface area contributed by atoms with Gasteiger partial charge < -0.3 is 65.5 Å². The molecular formula is C49H75F3N6O17. The summed E-state index contributed by atoms with van der Waals surface area (Å²) in [6, 6.07) is -5.92. The molecule has 0 heterocycles. The number of alkyl carbamates (subject to hydrolysis) is 1. The Kier molecular flexibility index (Phi) is 42.1. The molecule has 0 rings (SSSR count). The van der Waals surface area contributed by atoms with Gasteiger partial charge in [-0.15, -0.1) is 0 Å². The monoisotopic (exact) mass is 1080 g/mol. The summed E-state index contributed by atoms with van der Waals surface area (Å²) in [7, 11) is 0. The van der Waals surface area contributed by atoms with Crippen LogP contribution in [0.1, 0.15) is 85.0 Å². The van der Waals surface area contributed by atoms with Crippen LogP contribution >= 0.6 is 0 Å². The number of urea groups is 2. The molecule has 0 saturated heterocycles. The summed E-state index contributed by atoms with van der Waals surface area (Å²) in [6.45, 7) is 26.6. The van der Waals surface area contributed by atoms with Crippen molar-refractivity contribution in [2.24, 2.45) is 5.73 Å². The predicted molar refractivity (Wildman–Crippen MR) is 267 cm³/mol. The summed E-state index contributed by atoms with van der Waals surface area (Å²) in [5.41, 5.74) is 4.85. The number of carbonyl (C=O) groups excluding carboxylic acids is 10. The number of esters is 6. The Bertz CT molecular complexity index is 1840. The number of carbonyl (C=O) groups is 10. The highest BCUT2D eigenvalue weighted by molar-refractivity contribution is 5.88. The van der Waals surface area contributed by atoms with Crippen molar-refractivity contribution in [3.05, 3.63) is 75.9 Å². The maximum absolute atomic E-state index is 12.7. The average Bonchev–Trinajstić information content (AvgIpc) is 3.35. The van der Waals surface area contributed by atoms with E-state index in [1.165, 1.54) is 36.5 Å². The van der Waals surface area contributed by atoms with E-state index in [2.05, 4.69) is 66.1 Å². The first-order valence-corrected chi connectivity index (χ1v) is 23.4. The van der Waals surface area contributed by atoms with E-state index < -0.39 is 96.2 Å². The van der Waals surface area contributed by atoms with E-state index in [0.29, 0.717) is 45.2 Å². The second-order valence-corrected chi connectivity index (χ2v) is 16.0. The molecule has 26 heteroatoms. The third-order valence-corrected chi connectivity index (χ3v) is 8.40. The summed E-state index contributed by atoms with van der Waals surface area (Å²) in [4.78, 5) is 118. The molecule has 0 radical (unpaired) electrons. The number of nitrogens with two attached hydrogens (primary N) is 1. The zero-order chi connectivity index (χ0) is 57.7. The Morgan fingerprint density at radius 3 is 1.07 bits per heavy atom. The Labute approximate surface area is 435 Å². The molecule has 424 valence electrons. The van der Waals surface area contributed by atoms with E-state index in [0.717, 1.165) is 0 Å². The molecule has 0 aromatic carbocycles. The number of hydrogen-bond donors (Lipinski definition) is 6. The van der Waals surface area contributed by atoms with Crippen molar-refractivity contribution in [3.8, 4) is 0 Å². The fraction of sp³-hybridized carbons (Fsp3) is 0.551. The van der Waals surface area contributed by atoms with Gasteiger partial charge in [-0.2, -0.15) is 13.2 Å². The van der Waals surface area contributed by atoms with Gasteiger partial charge in [0.05, 0.1) is 0 Å². The number of aldehydes is 1. The zero-order valence-corrected chi connectivity index (χ0v) is 43.0. The van der Waals surface area contributed by atoms with Gasteiger partial charge >= 0.3 is 60.1 Å². The van der Waals surface area contributed by atoms with Crippen LogP contribution in [0.2, 0.25) is 0 Å². The van der Waals surface area contributed by atoms with Crippen LogP contribution in [0.4, 0.5) is 27.6 Å². The minimum atomic E-state index is -4.64. The number of hydrogen-bond acceptors (Lipinski definition) is 18. The third kappa shape index (κ3) is 43.8. The maximum atomic E-state index is 12.7. The largest absolute Gasteiger partial charge is 0.461 e. The second kappa shape index (κ2) is 44.0. The number of amides is 5. The molecule has 75 heavy (non-hydrogen) atoms. The lowest BCUT2D eigenvalue weighted by Crippen LogP contribution is -2.52. The quantitative estimate of drug-likeness (QED) is 0.0167. The van der Waals surface area contributed by atoms with Gasteiger partial charge in [0.25, 0.3) is 0 Å². The first-order valence-electron chi connectivity index (χ1n) is 23.4. The molecule has 4 unspecified atom stereocenters. The number of nitrogens with one attached hydrogen (secondary N) is 5. The van der Waals surface area contributed by atoms with Gasteiger partial charge in [0.1, 0.15) is 69.4 Å². The van der Waals surface area contributed by atoms with Gasteiger partial charge in [-0.3, -0.25) is 14.4 Å². The molecule has 0 aliphatic rings. The summed E-state index contributed by atoms with van der Waals surface area (Å²) in [5.74, 6) is -4.00. The molecule has 0 bridgehead atoms. The summed E-state index contributed by atoms with van der Waals surface area (Å²) in [5, 5.41) is 12.5. The van der Waals surface area contributed by atoms with E-state index >= 15 is 0 Å². The third-order valence-electron chi connectivity index (χ3n) is 8.40. The Hall–Kier alpha value is -7.51. The standard InChI is InChI=1S/C26H41N3O9.C21H33N3O7.C2HF3O/c1-7-16-35-21(30)14-13-20(23(32)37-18-9-3)29-24(33)28-19(22(31)36-17-8-2)12-10-11-15-27-25(34)38-26(4,5)6;1-4-13-29-18(25)11-10-17(20(27)31-15-6-3)24-21(28)23-16(9-7-8-12-22)19(26)30-14-5-2;3-2(4,5)1-6/h7-9,19-20H,1-3,10-18H2,4-6H3,(H,27,34)(H2,28,29,33);4-6,16-17H,1-3,7-15,22H2,(H2,23,24,28);1H. The van der Waals surface area contributed by atoms with Crippen LogP contribution < -0.4 is 32.3 Å². The molecule has 0 aliphatic carbocycles. The molecule has 5 amide bonds. The molecule has 0 aromatic heterocycles. The molecular weight excluding hydrogens is 1000 g/mol. The molecule has 23 nitrogen and oxygen atoms in total. The van der Waals surface area contributed by atoms with Crippen LogP contribution in [0.3, 0.4) is 0 Å². The zero-order valence-electron chi connectivity index (χ0n) is 43.0. The molecule has 0 spiro atoms. The minimum absolute atomic E-state index is 0.00115. The predicted octanol–water partition coefficient (Wildman–Crippen LogP) is 4.55. The van der Waals surface area contributed by atoms with E-state index in [1.807, 2.05) is 0 Å². The van der Waals surface area contributed by atoms with Crippen LogP contribution in [-0.4, -0.2) is 149 Å². The van der Waals surface area contributed by atoms with Crippen molar-refractivity contribution in [3.63, 3.8) is 0 Å². The minimum Gasteiger partial charge on any atom is -0.461 e. The molecule has 0 aromatic rings. The SMILES string of the molecule is C=CCOC(=O)CCC(NC(=O)NC(CCCCN)C(=O)OCC=C)C(=O)OCC=C.C=CCOC(=O)CCC(NC(=O)NC(CCCCNC(=O)OC(C)(C)C)C(=O)OCC=C)C(=O)OCC=C.O=CC(F)(F)F. The van der Waals surface area contributed by atoms with Gasteiger partial charge in [-0.1, -0.05) is 75.9 Å². The number of alkyl halides is 3. The van der Waals surface area contributed by atoms with Crippen LogP contribution in [0, 0.1) is 0 Å². The molecule has 0 fully saturated rings. The molecule has 0 saturated carbocycles. The van der Waals surface area contributed by atoms with Crippen molar-refractivity contribution in [1.29, 1.82) is 0 Å². The lowest BCUT2D eigenvalue weighted by Gasteiger charge is -2.21. The van der Waals surface area contributed by atoms with E-state index in [9.17, 15) is 56.3 Å². The first kappa shape index (κ1) is 71.7. The number of ether oxygens (including phenoxy) is 7. The van der Waals surface area contributed by atoms with Crippen molar-refractivity contribution in [2.75, 3.05) is 52.7 Å². The molecule has 0 aliphatic heterocycles. The maximum Gasteiger partial charge on any atom is 0.446 e. The smallest absolute Gasteiger partial charge is 0.446 e. The van der Waals surface area contributed by atoms with E-state index in [-0.39, 0.29) is 71.7 Å². The van der Waals surface area contributed by atoms with Gasteiger partial charge in [0.15, 0.2) is 0 Å². The number of rotatable bonds is 35. The molecule has 7 N–H and O–H groups in total. The molecule has 4 atom stereocenters. The van der Waals surface area contributed by atoms with Gasteiger partial charge in [0, 0.05) is 19.4 Å². The van der Waals surface area contributed by atoms with Crippen LogP contribution in [0.25, 0.3) is 0 Å². The normalized spacial score (nSPS) is 11.9. The van der Waals surface area contributed by atoms with Crippen molar-refractivity contribution >= 4 is 60.3 Å². The Balaban J connectivity index is -0.00000126. The Morgan fingerprint density at radius 1 is 0.493 bits per heavy atom. The highest BCUT2D eigenvalue weighted by Crippen LogP contribution is 2.10.